The van der Waals surface area contributed by atoms with E-state index in [1.54, 1.807) is 18.2 Å². The Balaban J connectivity index is 0.000000284. The van der Waals surface area contributed by atoms with Crippen LogP contribution in [0.1, 0.15) is 186 Å². The molecule has 0 aliphatic heterocycles. The lowest BCUT2D eigenvalue weighted by Gasteiger charge is -2.34. The highest BCUT2D eigenvalue weighted by Gasteiger charge is 2.34. The number of halogens is 2. The lowest BCUT2D eigenvalue weighted by atomic mass is 9.69. The van der Waals surface area contributed by atoms with Crippen LogP contribution in [0.4, 0.5) is 8.78 Å². The number of carbonyl (C=O) groups excluding carboxylic acids is 1. The minimum atomic E-state index is -1.04. The monoisotopic (exact) mass is 1050 g/mol. The lowest BCUT2D eigenvalue weighted by Crippen LogP contribution is -2.28. The van der Waals surface area contributed by atoms with Crippen molar-refractivity contribution in [1.82, 2.24) is 0 Å². The van der Waals surface area contributed by atoms with Gasteiger partial charge in [0.15, 0.2) is 0 Å². The number of carboxylic acid groups (broad SMARTS) is 1. The third-order valence-corrected chi connectivity index (χ3v) is 17.7. The summed E-state index contributed by atoms with van der Waals surface area (Å²) in [6.45, 7) is 25.6. The number of aliphatic hydroxyl groups is 2. The summed E-state index contributed by atoms with van der Waals surface area (Å²) >= 11 is 0. The molecule has 0 fully saturated rings. The Hall–Kier alpha value is -5.96. The summed E-state index contributed by atoms with van der Waals surface area (Å²) < 4.78 is 34.0. The molecule has 0 heterocycles. The number of methoxy groups -OCH3 is 1. The molecule has 0 aliphatic carbocycles. The van der Waals surface area contributed by atoms with Gasteiger partial charge in [0.1, 0.15) is 11.6 Å². The van der Waals surface area contributed by atoms with Crippen LogP contribution in [0.5, 0.6) is 0 Å². The third-order valence-electron chi connectivity index (χ3n) is 17.7. The molecule has 0 aliphatic rings. The summed E-state index contributed by atoms with van der Waals surface area (Å²) in [5.41, 5.74) is 14.9. The molecule has 0 spiro atoms. The van der Waals surface area contributed by atoms with Crippen molar-refractivity contribution in [3.05, 3.63) is 188 Å². The first-order valence-corrected chi connectivity index (χ1v) is 28.3. The Bertz CT molecular complexity index is 2950. The molecule has 0 aromatic heterocycles. The summed E-state index contributed by atoms with van der Waals surface area (Å²) in [7, 11) is 1.31. The smallest absolute Gasteiger partial charge is 0.310 e. The van der Waals surface area contributed by atoms with Crippen molar-refractivity contribution in [2.45, 2.75) is 195 Å². The normalized spacial score (nSPS) is 12.1. The van der Waals surface area contributed by atoms with Gasteiger partial charge in [0, 0.05) is 10.8 Å². The lowest BCUT2D eigenvalue weighted by molar-refractivity contribution is -0.140. The van der Waals surface area contributed by atoms with Crippen LogP contribution in [0.15, 0.2) is 109 Å². The second-order valence-corrected chi connectivity index (χ2v) is 21.7. The average Bonchev–Trinajstić information content (AvgIpc) is 3.44. The van der Waals surface area contributed by atoms with Crippen molar-refractivity contribution in [3.8, 4) is 22.3 Å². The summed E-state index contributed by atoms with van der Waals surface area (Å²) in [6, 6.07) is 36.5. The molecule has 6 aromatic carbocycles. The number of hydrogen-bond acceptors (Lipinski definition) is 5. The number of benzene rings is 6. The van der Waals surface area contributed by atoms with Crippen LogP contribution in [-0.4, -0.2) is 45.6 Å². The summed E-state index contributed by atoms with van der Waals surface area (Å²) in [5, 5.41) is 30.5. The van der Waals surface area contributed by atoms with Gasteiger partial charge in [-0.2, -0.15) is 0 Å². The highest BCUT2D eigenvalue weighted by atomic mass is 19.1. The van der Waals surface area contributed by atoms with E-state index in [4.69, 9.17) is 5.11 Å². The Labute approximate surface area is 460 Å². The molecule has 0 bridgehead atoms. The fourth-order valence-corrected chi connectivity index (χ4v) is 11.6. The fourth-order valence-electron chi connectivity index (χ4n) is 11.6. The first-order valence-electron chi connectivity index (χ1n) is 28.3. The Kier molecular flexibility index (Phi) is 21.8. The second kappa shape index (κ2) is 27.1. The van der Waals surface area contributed by atoms with E-state index in [0.717, 1.165) is 110 Å². The molecule has 0 radical (unpaired) electrons. The number of esters is 1. The molecule has 0 saturated heterocycles. The van der Waals surface area contributed by atoms with E-state index >= 15 is 0 Å². The molecule has 0 atom stereocenters. The molecule has 0 saturated carbocycles. The van der Waals surface area contributed by atoms with Crippen molar-refractivity contribution >= 4 is 11.9 Å². The molecule has 414 valence electrons. The number of carboxylic acids is 1. The van der Waals surface area contributed by atoms with Crippen LogP contribution in [0, 0.1) is 39.3 Å². The van der Waals surface area contributed by atoms with E-state index in [-0.39, 0.29) is 29.2 Å². The van der Waals surface area contributed by atoms with Crippen LogP contribution in [0.25, 0.3) is 22.3 Å². The first-order chi connectivity index (χ1) is 36.6. The highest BCUT2D eigenvalue weighted by Crippen LogP contribution is 2.43. The summed E-state index contributed by atoms with van der Waals surface area (Å²) in [5.74, 6) is -2.38. The van der Waals surface area contributed by atoms with E-state index in [0.29, 0.717) is 5.56 Å². The van der Waals surface area contributed by atoms with Crippen molar-refractivity contribution < 1.29 is 38.4 Å². The Morgan fingerprint density at radius 1 is 0.442 bits per heavy atom. The highest BCUT2D eigenvalue weighted by molar-refractivity contribution is 5.74. The Morgan fingerprint density at radius 2 is 0.766 bits per heavy atom. The molecular weight excluding hydrogens is 963 g/mol. The first kappa shape index (κ1) is 61.9. The summed E-state index contributed by atoms with van der Waals surface area (Å²) in [6.07, 6.45) is 9.79. The van der Waals surface area contributed by atoms with E-state index < -0.39 is 34.8 Å². The zero-order valence-corrected chi connectivity index (χ0v) is 48.6. The molecule has 77 heavy (non-hydrogen) atoms. The maximum atomic E-state index is 14.8. The molecule has 3 N–H and O–H groups in total. The topological polar surface area (TPSA) is 104 Å². The van der Waals surface area contributed by atoms with Gasteiger partial charge in [-0.3, -0.25) is 9.59 Å². The van der Waals surface area contributed by atoms with Crippen molar-refractivity contribution in [1.29, 1.82) is 0 Å². The van der Waals surface area contributed by atoms with Gasteiger partial charge in [0.05, 0.1) is 31.2 Å². The van der Waals surface area contributed by atoms with Gasteiger partial charge in [0.2, 0.25) is 0 Å². The zero-order valence-electron chi connectivity index (χ0n) is 48.6. The number of aliphatic carboxylic acids is 1. The number of ether oxygens (including phenoxy) is 1. The van der Waals surface area contributed by atoms with Gasteiger partial charge in [-0.1, -0.05) is 152 Å². The largest absolute Gasteiger partial charge is 0.481 e. The van der Waals surface area contributed by atoms with E-state index in [9.17, 15) is 28.6 Å². The second-order valence-electron chi connectivity index (χ2n) is 21.7. The third kappa shape index (κ3) is 14.4. The summed E-state index contributed by atoms with van der Waals surface area (Å²) in [4.78, 5) is 22.6. The van der Waals surface area contributed by atoms with Crippen LogP contribution in [0.3, 0.4) is 0 Å². The predicted molar refractivity (Wildman–Crippen MR) is 313 cm³/mol. The van der Waals surface area contributed by atoms with Crippen molar-refractivity contribution in [2.24, 2.45) is 0 Å². The standard InChI is InChI=1S/C35H45FO3.C34H43FO3/c1-8-34(38,9-2)19-18-26-14-15-29(20-24(26)5)35(10-3,11-4)30-16-17-31(25(6)21-30)27-12-13-28(32(36)22-27)23-33(37)39-7;1-7-33(38,8-2)18-17-25-13-14-28(19-23(25)5)34(9-3,10-4)29-15-16-30(24(6)20-29)26-11-12-27(22-32(36)37)31(35)21-26/h12-17,20-22,38H,8-11,18-19,23H2,1-7H3;11-16,19-21,38H,7-10,17-18,22H2,1-6H3,(H,36,37). The van der Waals surface area contributed by atoms with Crippen molar-refractivity contribution in [3.63, 3.8) is 0 Å². The minimum absolute atomic E-state index is 0.0770. The van der Waals surface area contributed by atoms with E-state index in [2.05, 4.69) is 161 Å². The van der Waals surface area contributed by atoms with Gasteiger partial charge in [-0.15, -0.1) is 0 Å². The number of hydrogen-bond donors (Lipinski definition) is 3. The molecule has 6 aromatic rings. The molecule has 6 rings (SSSR count). The maximum absolute atomic E-state index is 14.8. The molecule has 0 amide bonds. The molecule has 0 unspecified atom stereocenters. The predicted octanol–water partition coefficient (Wildman–Crippen LogP) is 16.7. The van der Waals surface area contributed by atoms with Gasteiger partial charge in [0.25, 0.3) is 0 Å². The zero-order chi connectivity index (χ0) is 56.9. The van der Waals surface area contributed by atoms with Gasteiger partial charge >= 0.3 is 11.9 Å². The SMILES string of the molecule is CCC(O)(CC)CCc1ccc(C(CC)(CC)c2ccc(-c3ccc(CC(=O)O)c(F)c3)c(C)c2)cc1C.CCC(O)(CC)CCc1ccc(C(CC)(CC)c2ccc(-c3ccc(CC(=O)OC)c(F)c3)c(C)c2)cc1C. The number of aryl methyl sites for hydroxylation is 6. The van der Waals surface area contributed by atoms with Gasteiger partial charge in [-0.25, -0.2) is 8.78 Å². The maximum Gasteiger partial charge on any atom is 0.310 e. The fraction of sp³-hybridized carbons (Fsp3) is 0.449. The quantitative estimate of drug-likeness (QED) is 0.0522. The van der Waals surface area contributed by atoms with Crippen LogP contribution in [0.2, 0.25) is 0 Å². The van der Waals surface area contributed by atoms with Gasteiger partial charge < -0.3 is 20.1 Å². The van der Waals surface area contributed by atoms with Crippen LogP contribution >= 0.6 is 0 Å². The molecular formula is C69H88F2O6. The van der Waals surface area contributed by atoms with Crippen LogP contribution < -0.4 is 0 Å². The molecule has 6 nitrogen and oxygen atoms in total. The van der Waals surface area contributed by atoms with E-state index in [1.165, 1.54) is 63.8 Å². The number of carbonyl (C=O) groups is 2. The van der Waals surface area contributed by atoms with Crippen LogP contribution in [-0.2, 0) is 50.8 Å². The minimum Gasteiger partial charge on any atom is -0.481 e. The van der Waals surface area contributed by atoms with E-state index in [1.807, 2.05) is 6.07 Å². The van der Waals surface area contributed by atoms with Gasteiger partial charge in [-0.05, 0) is 206 Å². The number of rotatable bonds is 24. The Morgan fingerprint density at radius 3 is 1.05 bits per heavy atom. The molecule has 8 heteroatoms. The van der Waals surface area contributed by atoms with Crippen molar-refractivity contribution in [2.75, 3.05) is 7.11 Å². The average molecular weight is 1050 g/mol.